The van der Waals surface area contributed by atoms with Crippen LogP contribution in [0.2, 0.25) is 0 Å². The molecular weight excluding hydrogens is 413 g/mol. The summed E-state index contributed by atoms with van der Waals surface area (Å²) < 4.78 is 43.9. The number of likely N-dealkylation sites (tertiary alicyclic amines) is 1. The van der Waals surface area contributed by atoms with Crippen LogP contribution in [-0.4, -0.2) is 66.1 Å². The average Bonchev–Trinajstić information content (AvgIpc) is 3.21. The standard InChI is InChI=1S/C20H30N2O2.C2HF3O2/c1-15(2)22-10-8-20(9-11-22)13-18(21-16-7-12-23-14-16)17-5-3-4-6-19(17)24-20;3-2(4,5)1(6)7/h3-6,15-16,18,21H,7-14H2,1-2H3;(H,6,7). The zero-order valence-electron chi connectivity index (χ0n) is 18.0. The topological polar surface area (TPSA) is 71.0 Å². The van der Waals surface area contributed by atoms with E-state index in [0.717, 1.165) is 57.7 Å². The summed E-state index contributed by atoms with van der Waals surface area (Å²) in [6.45, 7) is 8.59. The lowest BCUT2D eigenvalue weighted by atomic mass is 9.80. The van der Waals surface area contributed by atoms with Crippen molar-refractivity contribution in [2.75, 3.05) is 26.3 Å². The predicted molar refractivity (Wildman–Crippen MR) is 109 cm³/mol. The van der Waals surface area contributed by atoms with E-state index >= 15 is 0 Å². The van der Waals surface area contributed by atoms with Crippen LogP contribution in [0.5, 0.6) is 5.75 Å². The molecule has 2 atom stereocenters. The second kappa shape index (κ2) is 9.75. The molecule has 1 aromatic carbocycles. The highest BCUT2D eigenvalue weighted by Gasteiger charge is 2.44. The molecule has 3 aliphatic rings. The van der Waals surface area contributed by atoms with Gasteiger partial charge in [0.05, 0.1) is 6.61 Å². The molecule has 2 saturated heterocycles. The monoisotopic (exact) mass is 444 g/mol. The van der Waals surface area contributed by atoms with Gasteiger partial charge in [-0.15, -0.1) is 0 Å². The summed E-state index contributed by atoms with van der Waals surface area (Å²) in [4.78, 5) is 11.5. The van der Waals surface area contributed by atoms with Crippen molar-refractivity contribution >= 4 is 5.97 Å². The van der Waals surface area contributed by atoms with E-state index in [4.69, 9.17) is 19.4 Å². The number of rotatable bonds is 3. The Labute approximate surface area is 180 Å². The molecule has 9 heteroatoms. The maximum atomic E-state index is 10.6. The third-order valence-electron chi connectivity index (χ3n) is 6.25. The number of aliphatic carboxylic acids is 1. The number of carboxylic acids is 1. The number of piperidine rings is 1. The van der Waals surface area contributed by atoms with Crippen LogP contribution >= 0.6 is 0 Å². The number of nitrogens with one attached hydrogen (secondary N) is 1. The SMILES string of the molecule is CC(C)N1CCC2(CC1)CC(NC1CCOC1)c1ccccc1O2.O=C(O)C(F)(F)F. The van der Waals surface area contributed by atoms with Gasteiger partial charge in [-0.1, -0.05) is 18.2 Å². The Bertz CT molecular complexity index is 743. The Morgan fingerprint density at radius 2 is 1.90 bits per heavy atom. The summed E-state index contributed by atoms with van der Waals surface area (Å²) >= 11 is 0. The molecule has 174 valence electrons. The van der Waals surface area contributed by atoms with E-state index in [1.54, 1.807) is 0 Å². The van der Waals surface area contributed by atoms with E-state index in [1.165, 1.54) is 5.56 Å². The van der Waals surface area contributed by atoms with Crippen molar-refractivity contribution in [1.29, 1.82) is 0 Å². The van der Waals surface area contributed by atoms with Gasteiger partial charge in [0.15, 0.2) is 0 Å². The van der Waals surface area contributed by atoms with Crippen LogP contribution in [0.15, 0.2) is 24.3 Å². The Morgan fingerprint density at radius 3 is 2.45 bits per heavy atom. The van der Waals surface area contributed by atoms with Crippen LogP contribution in [0, 0.1) is 0 Å². The first-order valence-electron chi connectivity index (χ1n) is 10.8. The van der Waals surface area contributed by atoms with Crippen molar-refractivity contribution in [2.24, 2.45) is 0 Å². The van der Waals surface area contributed by atoms with Crippen molar-refractivity contribution in [2.45, 2.75) is 69.4 Å². The Kier molecular flexibility index (Phi) is 7.49. The van der Waals surface area contributed by atoms with Gasteiger partial charge in [-0.05, 0) is 39.2 Å². The molecular formula is C22H31F3N2O4. The molecule has 1 spiro atoms. The first-order chi connectivity index (χ1) is 14.6. The molecule has 3 heterocycles. The Balaban J connectivity index is 0.000000339. The van der Waals surface area contributed by atoms with Crippen LogP contribution in [0.25, 0.3) is 0 Å². The highest BCUT2D eigenvalue weighted by molar-refractivity contribution is 5.73. The highest BCUT2D eigenvalue weighted by atomic mass is 19.4. The second-order valence-electron chi connectivity index (χ2n) is 8.74. The first kappa shape index (κ1) is 23.8. The smallest absolute Gasteiger partial charge is 0.487 e. The number of benzene rings is 1. The number of carbonyl (C=O) groups is 1. The van der Waals surface area contributed by atoms with E-state index in [0.29, 0.717) is 18.1 Å². The summed E-state index contributed by atoms with van der Waals surface area (Å²) in [6, 6.07) is 10.1. The van der Waals surface area contributed by atoms with E-state index in [9.17, 15) is 13.2 Å². The normalized spacial score (nSPS) is 25.5. The maximum absolute atomic E-state index is 10.6. The summed E-state index contributed by atoms with van der Waals surface area (Å²) in [7, 11) is 0. The molecule has 0 bridgehead atoms. The van der Waals surface area contributed by atoms with Gasteiger partial charge in [-0.25, -0.2) is 4.79 Å². The van der Waals surface area contributed by atoms with Crippen LogP contribution < -0.4 is 10.1 Å². The number of hydrogen-bond acceptors (Lipinski definition) is 5. The minimum absolute atomic E-state index is 0.00310. The zero-order valence-corrected chi connectivity index (χ0v) is 18.0. The molecule has 4 rings (SSSR count). The van der Waals surface area contributed by atoms with Gasteiger partial charge < -0.3 is 24.8 Å². The zero-order chi connectivity index (χ0) is 22.6. The highest BCUT2D eigenvalue weighted by Crippen LogP contribution is 2.44. The van der Waals surface area contributed by atoms with Crippen LogP contribution in [-0.2, 0) is 9.53 Å². The molecule has 6 nitrogen and oxygen atoms in total. The van der Waals surface area contributed by atoms with Crippen LogP contribution in [0.4, 0.5) is 13.2 Å². The van der Waals surface area contributed by atoms with Crippen molar-refractivity contribution < 1.29 is 32.5 Å². The maximum Gasteiger partial charge on any atom is 0.490 e. The number of para-hydroxylation sites is 1. The first-order valence-corrected chi connectivity index (χ1v) is 10.8. The van der Waals surface area contributed by atoms with Gasteiger partial charge in [0.2, 0.25) is 0 Å². The lowest BCUT2D eigenvalue weighted by molar-refractivity contribution is -0.192. The molecule has 0 radical (unpaired) electrons. The van der Waals surface area contributed by atoms with E-state index in [-0.39, 0.29) is 5.60 Å². The summed E-state index contributed by atoms with van der Waals surface area (Å²) in [5.74, 6) is -1.68. The summed E-state index contributed by atoms with van der Waals surface area (Å²) in [5, 5.41) is 11.0. The molecule has 2 fully saturated rings. The van der Waals surface area contributed by atoms with Gasteiger partial charge in [0, 0.05) is 49.8 Å². The number of fused-ring (bicyclic) bond motifs is 1. The fraction of sp³-hybridized carbons (Fsp3) is 0.682. The summed E-state index contributed by atoms with van der Waals surface area (Å²) in [5.41, 5.74) is 1.32. The molecule has 1 aromatic rings. The average molecular weight is 444 g/mol. The predicted octanol–water partition coefficient (Wildman–Crippen LogP) is 3.77. The Morgan fingerprint density at radius 1 is 1.26 bits per heavy atom. The fourth-order valence-electron chi connectivity index (χ4n) is 4.47. The van der Waals surface area contributed by atoms with Crippen molar-refractivity contribution in [3.05, 3.63) is 29.8 Å². The van der Waals surface area contributed by atoms with Gasteiger partial charge in [0.1, 0.15) is 11.4 Å². The Hall–Kier alpha value is -1.84. The second-order valence-corrected chi connectivity index (χ2v) is 8.74. The van der Waals surface area contributed by atoms with Crippen molar-refractivity contribution in [3.8, 4) is 5.75 Å². The van der Waals surface area contributed by atoms with Crippen LogP contribution in [0.1, 0.15) is 51.1 Å². The quantitative estimate of drug-likeness (QED) is 0.740. The number of nitrogens with zero attached hydrogens (tertiary/aromatic N) is 1. The van der Waals surface area contributed by atoms with Gasteiger partial charge in [0.25, 0.3) is 0 Å². The summed E-state index contributed by atoms with van der Waals surface area (Å²) in [6.07, 6.45) is -0.641. The van der Waals surface area contributed by atoms with Gasteiger partial charge in [-0.3, -0.25) is 0 Å². The molecule has 0 amide bonds. The minimum atomic E-state index is -5.08. The van der Waals surface area contributed by atoms with Gasteiger partial charge >= 0.3 is 12.1 Å². The van der Waals surface area contributed by atoms with Crippen LogP contribution in [0.3, 0.4) is 0 Å². The largest absolute Gasteiger partial charge is 0.490 e. The molecule has 0 aliphatic carbocycles. The molecule has 0 saturated carbocycles. The third-order valence-corrected chi connectivity index (χ3v) is 6.25. The molecule has 3 aliphatic heterocycles. The minimum Gasteiger partial charge on any atom is -0.487 e. The third kappa shape index (κ3) is 6.11. The van der Waals surface area contributed by atoms with Crippen molar-refractivity contribution in [3.63, 3.8) is 0 Å². The number of halogens is 3. The van der Waals surface area contributed by atoms with Gasteiger partial charge in [-0.2, -0.15) is 13.2 Å². The van der Waals surface area contributed by atoms with E-state index in [1.807, 2.05) is 0 Å². The lowest BCUT2D eigenvalue weighted by Crippen LogP contribution is -2.53. The number of hydrogen-bond donors (Lipinski definition) is 2. The molecule has 2 unspecified atom stereocenters. The van der Waals surface area contributed by atoms with E-state index in [2.05, 4.69) is 48.3 Å². The van der Waals surface area contributed by atoms with E-state index < -0.39 is 12.1 Å². The molecule has 2 N–H and O–H groups in total. The number of carboxylic acid groups (broad SMARTS) is 1. The molecule has 31 heavy (non-hydrogen) atoms. The number of ether oxygens (including phenoxy) is 2. The fourth-order valence-corrected chi connectivity index (χ4v) is 4.47. The van der Waals surface area contributed by atoms with Crippen molar-refractivity contribution in [1.82, 2.24) is 10.2 Å². The molecule has 0 aromatic heterocycles. The lowest BCUT2D eigenvalue weighted by Gasteiger charge is -2.48. The number of alkyl halides is 3.